The highest BCUT2D eigenvalue weighted by Crippen LogP contribution is 2.25. The van der Waals surface area contributed by atoms with Gasteiger partial charge >= 0.3 is 0 Å². The Bertz CT molecular complexity index is 1110. The maximum absolute atomic E-state index is 13.5. The topological polar surface area (TPSA) is 96.0 Å². The number of hydrogen-bond donors (Lipinski definition) is 1. The Labute approximate surface area is 210 Å². The molecular formula is C23H29Cl2N3O5S. The molecule has 0 aliphatic heterocycles. The van der Waals surface area contributed by atoms with Gasteiger partial charge in [-0.25, -0.2) is 8.42 Å². The van der Waals surface area contributed by atoms with Crippen molar-refractivity contribution in [3.63, 3.8) is 0 Å². The number of ether oxygens (including phenoxy) is 1. The number of halogens is 2. The van der Waals surface area contributed by atoms with E-state index in [2.05, 4.69) is 5.32 Å². The first-order valence-corrected chi connectivity index (χ1v) is 13.3. The predicted octanol–water partition coefficient (Wildman–Crippen LogP) is 3.71. The van der Waals surface area contributed by atoms with Crippen LogP contribution < -0.4 is 14.4 Å². The molecule has 186 valence electrons. The molecule has 0 fully saturated rings. The summed E-state index contributed by atoms with van der Waals surface area (Å²) in [5, 5.41) is 3.24. The Kier molecular flexibility index (Phi) is 10.0. The Hall–Kier alpha value is -2.49. The predicted molar refractivity (Wildman–Crippen MR) is 135 cm³/mol. The highest BCUT2D eigenvalue weighted by Gasteiger charge is 2.31. The molecule has 0 saturated carbocycles. The van der Waals surface area contributed by atoms with Crippen molar-refractivity contribution in [3.8, 4) is 5.75 Å². The minimum atomic E-state index is -3.81. The molecule has 2 rings (SSSR count). The molecule has 0 aliphatic carbocycles. The number of amides is 2. The van der Waals surface area contributed by atoms with Crippen LogP contribution >= 0.6 is 23.2 Å². The van der Waals surface area contributed by atoms with E-state index in [1.807, 2.05) is 6.92 Å². The van der Waals surface area contributed by atoms with Crippen LogP contribution in [0.4, 0.5) is 5.69 Å². The van der Waals surface area contributed by atoms with E-state index in [0.29, 0.717) is 40.1 Å². The minimum absolute atomic E-state index is 0.0442. The lowest BCUT2D eigenvalue weighted by molar-refractivity contribution is -0.140. The normalized spacial score (nSPS) is 12.1. The second-order valence-corrected chi connectivity index (χ2v) is 10.2. The van der Waals surface area contributed by atoms with Crippen molar-refractivity contribution in [1.82, 2.24) is 10.2 Å². The minimum Gasteiger partial charge on any atom is -0.494 e. The van der Waals surface area contributed by atoms with Gasteiger partial charge in [-0.3, -0.25) is 13.9 Å². The third-order valence-corrected chi connectivity index (χ3v) is 6.96. The maximum atomic E-state index is 13.5. The van der Waals surface area contributed by atoms with Gasteiger partial charge in [0.15, 0.2) is 0 Å². The van der Waals surface area contributed by atoms with Crippen LogP contribution in [0.1, 0.15) is 25.8 Å². The van der Waals surface area contributed by atoms with E-state index in [0.717, 1.165) is 10.6 Å². The summed E-state index contributed by atoms with van der Waals surface area (Å²) in [4.78, 5) is 27.4. The molecule has 0 aromatic heterocycles. The van der Waals surface area contributed by atoms with Crippen LogP contribution in [0, 0.1) is 0 Å². The quantitative estimate of drug-likeness (QED) is 0.478. The van der Waals surface area contributed by atoms with Gasteiger partial charge in [-0.2, -0.15) is 0 Å². The highest BCUT2D eigenvalue weighted by atomic mass is 35.5. The maximum Gasteiger partial charge on any atom is 0.244 e. The number of rotatable bonds is 11. The average Bonchev–Trinajstić information content (AvgIpc) is 2.79. The zero-order valence-electron chi connectivity index (χ0n) is 19.5. The molecule has 11 heteroatoms. The number of benzene rings is 2. The van der Waals surface area contributed by atoms with E-state index >= 15 is 0 Å². The van der Waals surface area contributed by atoms with E-state index in [1.165, 1.54) is 11.9 Å². The van der Waals surface area contributed by atoms with Gasteiger partial charge < -0.3 is 15.0 Å². The number of anilines is 1. The molecular weight excluding hydrogens is 501 g/mol. The Morgan fingerprint density at radius 3 is 2.21 bits per heavy atom. The summed E-state index contributed by atoms with van der Waals surface area (Å²) in [5.74, 6) is -0.318. The van der Waals surface area contributed by atoms with Crippen LogP contribution in [-0.4, -0.2) is 57.6 Å². The van der Waals surface area contributed by atoms with E-state index in [9.17, 15) is 18.0 Å². The molecule has 8 nitrogen and oxygen atoms in total. The fraction of sp³-hybridized carbons (Fsp3) is 0.391. The van der Waals surface area contributed by atoms with E-state index < -0.39 is 28.5 Å². The summed E-state index contributed by atoms with van der Waals surface area (Å²) >= 11 is 12.1. The number of nitrogens with zero attached hydrogens (tertiary/aromatic N) is 2. The molecule has 0 heterocycles. The number of likely N-dealkylation sites (N-methyl/N-ethyl adjacent to an activating group) is 1. The summed E-state index contributed by atoms with van der Waals surface area (Å²) < 4.78 is 31.6. The monoisotopic (exact) mass is 529 g/mol. The first kappa shape index (κ1) is 27.8. The summed E-state index contributed by atoms with van der Waals surface area (Å²) in [6, 6.07) is 10.5. The van der Waals surface area contributed by atoms with Crippen molar-refractivity contribution in [2.24, 2.45) is 0 Å². The number of sulfonamides is 1. The van der Waals surface area contributed by atoms with Gasteiger partial charge in [0, 0.05) is 13.6 Å². The smallest absolute Gasteiger partial charge is 0.244 e. The van der Waals surface area contributed by atoms with Gasteiger partial charge in [0.2, 0.25) is 21.8 Å². The average molecular weight is 530 g/mol. The molecule has 34 heavy (non-hydrogen) atoms. The molecule has 2 amide bonds. The molecule has 1 N–H and O–H groups in total. The number of carbonyl (C=O) groups excluding carboxylic acids is 2. The van der Waals surface area contributed by atoms with Gasteiger partial charge in [0.25, 0.3) is 0 Å². The van der Waals surface area contributed by atoms with Crippen LogP contribution in [0.25, 0.3) is 0 Å². The van der Waals surface area contributed by atoms with Crippen molar-refractivity contribution in [2.75, 3.05) is 30.8 Å². The van der Waals surface area contributed by atoms with Gasteiger partial charge in [0.1, 0.15) is 18.3 Å². The SMILES string of the molecule is CCOc1ccc(N(CC(=O)N(Cc2ccc(Cl)c(Cl)c2)[C@@H](CC)C(=O)NC)S(C)(=O)=O)cc1. The van der Waals surface area contributed by atoms with Crippen LogP contribution in [0.5, 0.6) is 5.75 Å². The Balaban J connectivity index is 2.41. The zero-order chi connectivity index (χ0) is 25.5. The molecule has 0 bridgehead atoms. The van der Waals surface area contributed by atoms with E-state index in [4.69, 9.17) is 27.9 Å². The van der Waals surface area contributed by atoms with Gasteiger partial charge in [-0.05, 0) is 55.3 Å². The van der Waals surface area contributed by atoms with Gasteiger partial charge in [-0.1, -0.05) is 36.2 Å². The van der Waals surface area contributed by atoms with Crippen molar-refractivity contribution in [1.29, 1.82) is 0 Å². The summed E-state index contributed by atoms with van der Waals surface area (Å²) in [7, 11) is -2.33. The molecule has 2 aromatic carbocycles. The lowest BCUT2D eigenvalue weighted by atomic mass is 10.1. The summed E-state index contributed by atoms with van der Waals surface area (Å²) in [6.07, 6.45) is 1.35. The molecule has 0 spiro atoms. The van der Waals surface area contributed by atoms with Crippen LogP contribution in [0.2, 0.25) is 10.0 Å². The zero-order valence-corrected chi connectivity index (χ0v) is 21.9. The second-order valence-electron chi connectivity index (χ2n) is 7.50. The first-order valence-electron chi connectivity index (χ1n) is 10.7. The second kappa shape index (κ2) is 12.3. The van der Waals surface area contributed by atoms with Gasteiger partial charge in [0.05, 0.1) is 28.6 Å². The lowest BCUT2D eigenvalue weighted by Crippen LogP contribution is -2.51. The van der Waals surface area contributed by atoms with Crippen LogP contribution in [0.15, 0.2) is 42.5 Å². The molecule has 2 aromatic rings. The number of hydrogen-bond acceptors (Lipinski definition) is 5. The lowest BCUT2D eigenvalue weighted by Gasteiger charge is -2.32. The molecule has 0 unspecified atom stereocenters. The van der Waals surface area contributed by atoms with Crippen LogP contribution in [-0.2, 0) is 26.2 Å². The molecule has 1 atom stereocenters. The standard InChI is InChI=1S/C23H29Cl2N3O5S/c1-5-21(23(30)26-3)27(14-16-7-12-19(24)20(25)13-16)22(29)15-28(34(4,31)32)17-8-10-18(11-9-17)33-6-2/h7-13,21H,5-6,14-15H2,1-4H3,(H,26,30)/t21-/m0/s1. The Morgan fingerprint density at radius 2 is 1.71 bits per heavy atom. The molecule has 0 saturated heterocycles. The van der Waals surface area contributed by atoms with Crippen molar-refractivity contribution < 1.29 is 22.7 Å². The highest BCUT2D eigenvalue weighted by molar-refractivity contribution is 7.92. The first-order chi connectivity index (χ1) is 16.0. The summed E-state index contributed by atoms with van der Waals surface area (Å²) in [5.41, 5.74) is 0.957. The summed E-state index contributed by atoms with van der Waals surface area (Å²) in [6.45, 7) is 3.64. The third kappa shape index (κ3) is 7.25. The largest absolute Gasteiger partial charge is 0.494 e. The van der Waals surface area contributed by atoms with Crippen LogP contribution in [0.3, 0.4) is 0 Å². The van der Waals surface area contributed by atoms with Gasteiger partial charge in [-0.15, -0.1) is 0 Å². The Morgan fingerprint density at radius 1 is 1.06 bits per heavy atom. The van der Waals surface area contributed by atoms with E-state index in [1.54, 1.807) is 49.4 Å². The van der Waals surface area contributed by atoms with E-state index in [-0.39, 0.29) is 12.5 Å². The van der Waals surface area contributed by atoms with Crippen molar-refractivity contribution >= 4 is 50.7 Å². The third-order valence-electron chi connectivity index (χ3n) is 5.08. The number of nitrogens with one attached hydrogen (secondary N) is 1. The molecule has 0 radical (unpaired) electrons. The van der Waals surface area contributed by atoms with Crippen molar-refractivity contribution in [3.05, 3.63) is 58.1 Å². The van der Waals surface area contributed by atoms with Crippen molar-refractivity contribution in [2.45, 2.75) is 32.9 Å². The fourth-order valence-electron chi connectivity index (χ4n) is 3.41. The molecule has 0 aliphatic rings. The number of carbonyl (C=O) groups is 2. The fourth-order valence-corrected chi connectivity index (χ4v) is 4.58.